The van der Waals surface area contributed by atoms with Crippen molar-refractivity contribution in [2.45, 2.75) is 19.3 Å². The highest BCUT2D eigenvalue weighted by Crippen LogP contribution is 2.09. The number of thiocarbonyl (C=S) groups is 1. The van der Waals surface area contributed by atoms with E-state index >= 15 is 0 Å². The summed E-state index contributed by atoms with van der Waals surface area (Å²) < 4.78 is 4.70. The molecule has 10 heavy (non-hydrogen) atoms. The Hall–Kier alpha value is -0.310. The third-order valence-electron chi connectivity index (χ3n) is 1.74. The highest BCUT2D eigenvalue weighted by Gasteiger charge is 2.12. The summed E-state index contributed by atoms with van der Waals surface area (Å²) in [5, 5.41) is 0.541. The lowest BCUT2D eigenvalue weighted by Crippen LogP contribution is -2.34. The first kappa shape index (κ1) is 7.79. The van der Waals surface area contributed by atoms with E-state index in [9.17, 15) is 0 Å². The minimum Gasteiger partial charge on any atom is -0.467 e. The number of nitrogens with zero attached hydrogens (tertiary/aromatic N) is 1. The van der Waals surface area contributed by atoms with E-state index in [1.807, 2.05) is 0 Å². The van der Waals surface area contributed by atoms with Gasteiger partial charge in [-0.25, -0.2) is 0 Å². The molecular formula is C7H12NOS. The summed E-state index contributed by atoms with van der Waals surface area (Å²) in [5.41, 5.74) is 0. The molecular weight excluding hydrogens is 146 g/mol. The van der Waals surface area contributed by atoms with Crippen molar-refractivity contribution < 1.29 is 4.74 Å². The lowest BCUT2D eigenvalue weighted by atomic mass is 10.1. The standard InChI is InChI=1S/C7H12NOS/c1-9-7(10)8-5-3-2-4-6-8/h1-6H2. The lowest BCUT2D eigenvalue weighted by molar-refractivity contribution is 0.280. The van der Waals surface area contributed by atoms with Crippen LogP contribution in [-0.2, 0) is 4.74 Å². The predicted molar refractivity (Wildman–Crippen MR) is 44.5 cm³/mol. The summed E-state index contributed by atoms with van der Waals surface area (Å²) in [4.78, 5) is 2.06. The van der Waals surface area contributed by atoms with E-state index in [1.54, 1.807) is 0 Å². The largest absolute Gasteiger partial charge is 0.467 e. The van der Waals surface area contributed by atoms with Gasteiger partial charge in [-0.15, -0.1) is 0 Å². The fourth-order valence-electron chi connectivity index (χ4n) is 1.17. The van der Waals surface area contributed by atoms with E-state index in [0.717, 1.165) is 13.1 Å². The lowest BCUT2D eigenvalue weighted by Gasteiger charge is -2.27. The second-order valence-corrected chi connectivity index (χ2v) is 2.81. The molecule has 0 spiro atoms. The molecule has 3 heteroatoms. The first-order valence-electron chi connectivity index (χ1n) is 3.55. The van der Waals surface area contributed by atoms with Gasteiger partial charge in [-0.3, -0.25) is 0 Å². The van der Waals surface area contributed by atoms with Gasteiger partial charge in [-0.2, -0.15) is 0 Å². The molecule has 0 unspecified atom stereocenters. The topological polar surface area (TPSA) is 12.5 Å². The molecule has 0 atom stereocenters. The molecule has 0 aromatic rings. The van der Waals surface area contributed by atoms with Gasteiger partial charge in [0.25, 0.3) is 5.17 Å². The summed E-state index contributed by atoms with van der Waals surface area (Å²) in [6.45, 7) is 2.07. The van der Waals surface area contributed by atoms with Crippen LogP contribution in [0.4, 0.5) is 0 Å². The smallest absolute Gasteiger partial charge is 0.259 e. The van der Waals surface area contributed by atoms with E-state index < -0.39 is 0 Å². The van der Waals surface area contributed by atoms with Gasteiger partial charge in [-0.1, -0.05) is 0 Å². The Morgan fingerprint density at radius 2 is 1.90 bits per heavy atom. The molecule has 0 aromatic heterocycles. The van der Waals surface area contributed by atoms with E-state index in [-0.39, 0.29) is 0 Å². The summed E-state index contributed by atoms with van der Waals surface area (Å²) in [7, 11) is 3.28. The van der Waals surface area contributed by atoms with E-state index in [0.29, 0.717) is 5.17 Å². The SMILES string of the molecule is [CH2]OC(=S)N1CCCCC1. The number of likely N-dealkylation sites (tertiary alicyclic amines) is 1. The Kier molecular flexibility index (Phi) is 2.93. The molecule has 57 valence electrons. The minimum absolute atomic E-state index is 0.541. The normalized spacial score (nSPS) is 18.7. The number of rotatable bonds is 0. The fraction of sp³-hybridized carbons (Fsp3) is 0.714. The average Bonchev–Trinajstić information content (AvgIpc) is 2.05. The highest BCUT2D eigenvalue weighted by molar-refractivity contribution is 7.80. The molecule has 0 N–H and O–H groups in total. The molecule has 0 bridgehead atoms. The maximum absolute atomic E-state index is 4.92. The van der Waals surface area contributed by atoms with Crippen LogP contribution < -0.4 is 0 Å². The summed E-state index contributed by atoms with van der Waals surface area (Å²) in [6.07, 6.45) is 3.77. The summed E-state index contributed by atoms with van der Waals surface area (Å²) in [6, 6.07) is 0. The minimum atomic E-state index is 0.541. The third kappa shape index (κ3) is 1.84. The zero-order chi connectivity index (χ0) is 7.40. The Morgan fingerprint density at radius 1 is 1.30 bits per heavy atom. The molecule has 0 aliphatic carbocycles. The van der Waals surface area contributed by atoms with E-state index in [1.165, 1.54) is 19.3 Å². The van der Waals surface area contributed by atoms with Crippen LogP contribution in [0.15, 0.2) is 0 Å². The molecule has 1 fully saturated rings. The van der Waals surface area contributed by atoms with Crippen LogP contribution in [-0.4, -0.2) is 23.2 Å². The quantitative estimate of drug-likeness (QED) is 0.496. The maximum Gasteiger partial charge on any atom is 0.259 e. The van der Waals surface area contributed by atoms with Gasteiger partial charge in [0.2, 0.25) is 0 Å². The van der Waals surface area contributed by atoms with Gasteiger partial charge < -0.3 is 9.64 Å². The van der Waals surface area contributed by atoms with Crippen molar-refractivity contribution >= 4 is 17.4 Å². The molecule has 1 heterocycles. The summed E-state index contributed by atoms with van der Waals surface area (Å²) in [5.74, 6) is 0. The monoisotopic (exact) mass is 158 g/mol. The summed E-state index contributed by atoms with van der Waals surface area (Å²) >= 11 is 4.92. The maximum atomic E-state index is 4.92. The van der Waals surface area contributed by atoms with E-state index in [4.69, 9.17) is 17.0 Å². The van der Waals surface area contributed by atoms with Crippen LogP contribution in [0.5, 0.6) is 0 Å². The average molecular weight is 158 g/mol. The molecule has 1 rings (SSSR count). The second-order valence-electron chi connectivity index (χ2n) is 2.46. The van der Waals surface area contributed by atoms with Gasteiger partial charge in [0.05, 0.1) is 0 Å². The Bertz CT molecular complexity index is 121. The number of piperidine rings is 1. The zero-order valence-corrected chi connectivity index (χ0v) is 6.82. The van der Waals surface area contributed by atoms with Gasteiger partial charge in [0, 0.05) is 13.1 Å². The highest BCUT2D eigenvalue weighted by atomic mass is 32.1. The van der Waals surface area contributed by atoms with Gasteiger partial charge >= 0.3 is 0 Å². The molecule has 0 aromatic carbocycles. The van der Waals surface area contributed by atoms with Crippen LogP contribution in [0, 0.1) is 7.11 Å². The molecule has 0 amide bonds. The van der Waals surface area contributed by atoms with Crippen molar-refractivity contribution in [2.24, 2.45) is 0 Å². The van der Waals surface area contributed by atoms with Crippen molar-refractivity contribution in [1.29, 1.82) is 0 Å². The Morgan fingerprint density at radius 3 is 2.40 bits per heavy atom. The van der Waals surface area contributed by atoms with Gasteiger partial charge in [0.1, 0.15) is 7.11 Å². The second kappa shape index (κ2) is 3.76. The van der Waals surface area contributed by atoms with Crippen LogP contribution in [0.25, 0.3) is 0 Å². The predicted octanol–water partition coefficient (Wildman–Crippen LogP) is 1.57. The van der Waals surface area contributed by atoms with Crippen molar-refractivity contribution in [3.8, 4) is 0 Å². The van der Waals surface area contributed by atoms with Crippen molar-refractivity contribution in [3.63, 3.8) is 0 Å². The van der Waals surface area contributed by atoms with E-state index in [2.05, 4.69) is 12.0 Å². The molecule has 1 saturated heterocycles. The van der Waals surface area contributed by atoms with Crippen LogP contribution >= 0.6 is 12.2 Å². The van der Waals surface area contributed by atoms with Crippen molar-refractivity contribution in [1.82, 2.24) is 4.90 Å². The van der Waals surface area contributed by atoms with Gasteiger partial charge in [-0.05, 0) is 31.5 Å². The number of hydrogen-bond acceptors (Lipinski definition) is 2. The van der Waals surface area contributed by atoms with Gasteiger partial charge in [0.15, 0.2) is 0 Å². The van der Waals surface area contributed by atoms with Crippen LogP contribution in [0.1, 0.15) is 19.3 Å². The van der Waals surface area contributed by atoms with Crippen molar-refractivity contribution in [3.05, 3.63) is 7.11 Å². The third-order valence-corrected chi connectivity index (χ3v) is 2.11. The Labute approximate surface area is 67.2 Å². The first-order valence-corrected chi connectivity index (χ1v) is 3.96. The van der Waals surface area contributed by atoms with Crippen LogP contribution in [0.2, 0.25) is 0 Å². The number of ether oxygens (including phenoxy) is 1. The molecule has 1 aliphatic heterocycles. The fourth-order valence-corrected chi connectivity index (χ4v) is 1.35. The van der Waals surface area contributed by atoms with Crippen molar-refractivity contribution in [2.75, 3.05) is 13.1 Å². The molecule has 2 nitrogen and oxygen atoms in total. The molecule has 1 aliphatic rings. The Balaban J connectivity index is 2.31. The number of hydrogen-bond donors (Lipinski definition) is 0. The van der Waals surface area contributed by atoms with Crippen LogP contribution in [0.3, 0.4) is 0 Å². The molecule has 1 radical (unpaired) electrons. The molecule has 0 saturated carbocycles. The first-order chi connectivity index (χ1) is 4.84. The zero-order valence-electron chi connectivity index (χ0n) is 6.01.